The number of nitrogens with zero attached hydrogens (tertiary/aromatic N) is 4. The first kappa shape index (κ1) is 37.5. The fourth-order valence-corrected chi connectivity index (χ4v) is 6.40. The number of carbonyl (C=O) groups is 4. The number of carbonyl (C=O) groups excluding carboxylic acids is 4. The zero-order chi connectivity index (χ0) is 34.4. The van der Waals surface area contributed by atoms with E-state index in [1.807, 2.05) is 36.4 Å². The second-order valence-corrected chi connectivity index (χ2v) is 15.0. The number of benzene rings is 1. The van der Waals surface area contributed by atoms with Crippen LogP contribution in [0.25, 0.3) is 0 Å². The molecule has 0 saturated carbocycles. The number of thiol groups is 1. The van der Waals surface area contributed by atoms with E-state index in [1.165, 1.54) is 67.4 Å². The van der Waals surface area contributed by atoms with Gasteiger partial charge in [-0.15, -0.1) is 6.19 Å². The molecule has 0 atom stereocenters. The van der Waals surface area contributed by atoms with Crippen LogP contribution in [0.3, 0.4) is 0 Å². The van der Waals surface area contributed by atoms with Crippen molar-refractivity contribution < 1.29 is 38.4 Å². The molecule has 1 aliphatic rings. The van der Waals surface area contributed by atoms with Crippen molar-refractivity contribution in [2.24, 2.45) is 0 Å². The summed E-state index contributed by atoms with van der Waals surface area (Å²) in [7, 11) is 8.01. The minimum Gasteiger partial charge on any atom is -0.433 e. The number of nitro groups is 1. The largest absolute Gasteiger partial charge is 0.513 e. The van der Waals surface area contributed by atoms with Gasteiger partial charge in [0.1, 0.15) is 22.4 Å². The molecule has 0 unspecified atom stereocenters. The normalized spacial score (nSPS) is 12.2. The number of nitro benzene ring substituents is 1. The third-order valence-corrected chi connectivity index (χ3v) is 9.28. The summed E-state index contributed by atoms with van der Waals surface area (Å²) >= 11 is 4.23. The Balaban J connectivity index is 0.000000296. The van der Waals surface area contributed by atoms with Crippen molar-refractivity contribution in [3.8, 4) is 5.75 Å². The first-order chi connectivity index (χ1) is 22.5. The summed E-state index contributed by atoms with van der Waals surface area (Å²) in [5.41, 5.74) is -0.0753. The average molecular weight is 763 g/mol. The van der Waals surface area contributed by atoms with E-state index >= 15 is 0 Å². The van der Waals surface area contributed by atoms with Crippen LogP contribution in [0, 0.1) is 10.1 Å². The van der Waals surface area contributed by atoms with E-state index in [-0.39, 0.29) is 37.3 Å². The third-order valence-electron chi connectivity index (χ3n) is 4.79. The maximum Gasteiger partial charge on any atom is 0.513 e. The van der Waals surface area contributed by atoms with Crippen molar-refractivity contribution in [3.05, 3.63) is 83.2 Å². The molecule has 0 bridgehead atoms. The van der Waals surface area contributed by atoms with E-state index in [9.17, 15) is 29.3 Å². The van der Waals surface area contributed by atoms with Crippen LogP contribution in [0.4, 0.5) is 10.5 Å². The van der Waals surface area contributed by atoms with Crippen molar-refractivity contribution in [2.75, 3.05) is 18.1 Å². The fraction of sp³-hybridized carbons (Fsp3) is 0.231. The molecule has 246 valence electrons. The van der Waals surface area contributed by atoms with Crippen LogP contribution in [0.1, 0.15) is 19.3 Å². The van der Waals surface area contributed by atoms with Gasteiger partial charge in [0.2, 0.25) is 0 Å². The molecule has 20 heteroatoms. The van der Waals surface area contributed by atoms with Gasteiger partial charge in [0.05, 0.1) is 11.3 Å². The summed E-state index contributed by atoms with van der Waals surface area (Å²) in [6, 6.07) is 16.4. The summed E-state index contributed by atoms with van der Waals surface area (Å²) in [6.45, 7) is 0.191. The van der Waals surface area contributed by atoms with Crippen LogP contribution < -0.4 is 4.74 Å². The fourth-order valence-electron chi connectivity index (χ4n) is 2.85. The van der Waals surface area contributed by atoms with E-state index in [4.69, 9.17) is 15.4 Å². The van der Waals surface area contributed by atoms with Gasteiger partial charge in [-0.1, -0.05) is 33.7 Å². The zero-order valence-electron chi connectivity index (χ0n) is 24.6. The first-order valence-electron chi connectivity index (χ1n) is 13.2. The molecule has 13 nitrogen and oxygen atoms in total. The highest BCUT2D eigenvalue weighted by atomic mass is 33.1. The Labute approximate surface area is 290 Å². The lowest BCUT2D eigenvalue weighted by Gasteiger charge is -2.12. The van der Waals surface area contributed by atoms with E-state index < -0.39 is 38.3 Å². The lowest BCUT2D eigenvalue weighted by Crippen LogP contribution is -2.32. The molecular formula is C26H26N4O9PS6-. The number of hydroxylamine groups is 2. The molecule has 2 aromatic heterocycles. The van der Waals surface area contributed by atoms with Gasteiger partial charge in [0.25, 0.3) is 17.5 Å². The smallest absolute Gasteiger partial charge is 0.433 e. The van der Waals surface area contributed by atoms with Crippen LogP contribution in [-0.4, -0.2) is 63.1 Å². The van der Waals surface area contributed by atoms with Crippen LogP contribution in [-0.2, 0) is 44.5 Å². The SMILES string of the molecule is O=C(CCSSc1ccccn1)ON1C(=O)CCC1=O.O=C(OCCSSc1ccccn1)Oc1ccc([N+](=O)[O-])cc1.[2H][S-](=P)=S. The van der Waals surface area contributed by atoms with E-state index in [1.54, 1.807) is 12.4 Å². The third kappa shape index (κ3) is 16.6. The molecule has 0 N–H and O–H groups in total. The van der Waals surface area contributed by atoms with E-state index in [2.05, 4.69) is 29.2 Å². The summed E-state index contributed by atoms with van der Waals surface area (Å²) in [5, 5.41) is 12.8. The van der Waals surface area contributed by atoms with Crippen LogP contribution in [0.15, 0.2) is 83.1 Å². The molecule has 1 aromatic carbocycles. The van der Waals surface area contributed by atoms with Gasteiger partial charge in [-0.25, -0.2) is 19.6 Å². The van der Waals surface area contributed by atoms with Gasteiger partial charge in [0, 0.05) is 48.9 Å². The summed E-state index contributed by atoms with van der Waals surface area (Å²) in [6.07, 6.45) is 2.90. The summed E-state index contributed by atoms with van der Waals surface area (Å²) in [5.74, 6) is -0.219. The topological polar surface area (TPSA) is 168 Å². The second kappa shape index (κ2) is 23.4. The molecule has 0 spiro atoms. The Kier molecular flexibility index (Phi) is 19.1. The molecular weight excluding hydrogens is 736 g/mol. The van der Waals surface area contributed by atoms with Crippen LogP contribution >= 0.6 is 51.2 Å². The average Bonchev–Trinajstić information content (AvgIpc) is 3.36. The van der Waals surface area contributed by atoms with Crippen molar-refractivity contribution in [1.29, 1.82) is 1.12 Å². The number of imide groups is 1. The molecule has 1 saturated heterocycles. The zero-order valence-corrected chi connectivity index (χ0v) is 29.5. The number of hydrogen-bond acceptors (Lipinski definition) is 17. The quantitative estimate of drug-likeness (QED) is 0.0187. The Morgan fingerprint density at radius 1 is 0.978 bits per heavy atom. The van der Waals surface area contributed by atoms with Crippen LogP contribution in [0.2, 0.25) is 0 Å². The standard InChI is InChI=1S/C14H12N2O5S2.C12H12N2O4S2.H2PS2/c17-14(21-12-6-4-11(5-7-12)16(18)19)20-9-10-22-23-13-3-1-2-8-15-13;15-10-4-5-11(16)14(10)18-12(17)6-8-19-20-9-3-1-2-7-13-9;1-3-2/h1-8H,9-10H2;1-3,7H,4-6,8H2;1,3H/q;;-1/i;;3D. The molecule has 1 aliphatic heterocycles. The van der Waals surface area contributed by atoms with Crippen molar-refractivity contribution in [3.63, 3.8) is 0 Å². The van der Waals surface area contributed by atoms with E-state index in [0.717, 1.165) is 10.1 Å². The monoisotopic (exact) mass is 762 g/mol. The van der Waals surface area contributed by atoms with Gasteiger partial charge in [-0.05, 0) is 58.0 Å². The number of pyridine rings is 2. The highest BCUT2D eigenvalue weighted by Gasteiger charge is 2.32. The highest BCUT2D eigenvalue weighted by Crippen LogP contribution is 2.30. The Morgan fingerprint density at radius 3 is 2.02 bits per heavy atom. The highest BCUT2D eigenvalue weighted by molar-refractivity contribution is 8.77. The number of amides is 2. The van der Waals surface area contributed by atoms with E-state index in [0.29, 0.717) is 16.6 Å². The Morgan fingerprint density at radius 2 is 1.52 bits per heavy atom. The van der Waals surface area contributed by atoms with Crippen molar-refractivity contribution >= 4 is 101 Å². The van der Waals surface area contributed by atoms with Gasteiger partial charge in [0.15, 0.2) is 0 Å². The van der Waals surface area contributed by atoms with Gasteiger partial charge in [-0.2, -0.15) is 0 Å². The number of rotatable bonds is 13. The molecule has 3 aromatic rings. The summed E-state index contributed by atoms with van der Waals surface area (Å²) in [4.78, 5) is 68.4. The van der Waals surface area contributed by atoms with Crippen LogP contribution in [0.5, 0.6) is 5.75 Å². The molecule has 0 radical (unpaired) electrons. The minimum atomic E-state index is -0.845. The number of aromatic nitrogens is 2. The van der Waals surface area contributed by atoms with Gasteiger partial charge >= 0.3 is 12.1 Å². The minimum absolute atomic E-state index is 0.0753. The summed E-state index contributed by atoms with van der Waals surface area (Å²) < 4.78 is 16.2. The first-order valence-corrected chi connectivity index (χ1v) is 20.4. The number of hydrogen-bond donors (Lipinski definition) is 0. The predicted molar refractivity (Wildman–Crippen MR) is 186 cm³/mol. The lowest BCUT2D eigenvalue weighted by molar-refractivity contribution is -0.384. The maximum absolute atomic E-state index is 11.5. The second-order valence-electron chi connectivity index (χ2n) is 7.98. The molecule has 46 heavy (non-hydrogen) atoms. The molecule has 2 amide bonds. The lowest BCUT2D eigenvalue weighted by atomic mass is 10.3. The number of non-ortho nitro benzene ring substituents is 1. The molecule has 4 rings (SSSR count). The number of ether oxygens (including phenoxy) is 2. The predicted octanol–water partition coefficient (Wildman–Crippen LogP) is 6.09. The maximum atomic E-state index is 11.5. The van der Waals surface area contributed by atoms with Gasteiger partial charge in [-0.3, -0.25) is 38.9 Å². The Hall–Kier alpha value is -2.93. The molecule has 3 heterocycles. The van der Waals surface area contributed by atoms with Crippen molar-refractivity contribution in [2.45, 2.75) is 29.3 Å². The van der Waals surface area contributed by atoms with Gasteiger partial charge < -0.3 is 23.7 Å². The molecule has 1 fully saturated rings. The van der Waals surface area contributed by atoms with Crippen molar-refractivity contribution in [1.82, 2.24) is 15.0 Å². The molecule has 0 aliphatic carbocycles. The Bertz CT molecular complexity index is 1520.